The van der Waals surface area contributed by atoms with Crippen LogP contribution in [0.15, 0.2) is 15.8 Å². The second kappa shape index (κ2) is 6.20. The molecule has 5 heteroatoms. The van der Waals surface area contributed by atoms with Gasteiger partial charge in [-0.15, -0.1) is 0 Å². The number of rotatable bonds is 3. The summed E-state index contributed by atoms with van der Waals surface area (Å²) in [6, 6.07) is 0. The molecule has 0 N–H and O–H groups in total. The van der Waals surface area contributed by atoms with Crippen LogP contribution in [0.2, 0.25) is 0 Å². The fraction of sp³-hybridized carbons (Fsp3) is 0.733. The molecule has 0 saturated carbocycles. The van der Waals surface area contributed by atoms with Gasteiger partial charge in [-0.3, -0.25) is 4.79 Å². The Morgan fingerprint density at radius 2 is 2.00 bits per heavy atom. The summed E-state index contributed by atoms with van der Waals surface area (Å²) in [5, 5.41) is 0.451. The molecule has 0 bridgehead atoms. The largest absolute Gasteiger partial charge is 0.436 e. The van der Waals surface area contributed by atoms with E-state index in [-0.39, 0.29) is 16.6 Å². The number of amides is 1. The Bertz CT molecular complexity index is 459. The first-order valence-corrected chi connectivity index (χ1v) is 8.17. The number of hydrogen-bond acceptors (Lipinski definition) is 4. The van der Waals surface area contributed by atoms with Crippen molar-refractivity contribution in [1.29, 1.82) is 0 Å². The lowest BCUT2D eigenvalue weighted by molar-refractivity contribution is -0.131. The highest BCUT2D eigenvalue weighted by molar-refractivity contribution is 8.00. The highest BCUT2D eigenvalue weighted by Gasteiger charge is 2.25. The van der Waals surface area contributed by atoms with E-state index in [0.29, 0.717) is 5.22 Å². The summed E-state index contributed by atoms with van der Waals surface area (Å²) in [6.07, 6.45) is 5.24. The summed E-state index contributed by atoms with van der Waals surface area (Å²) in [5.74, 6) is 1.06. The predicted molar refractivity (Wildman–Crippen MR) is 81.0 cm³/mol. The second-order valence-corrected chi connectivity index (χ2v) is 7.68. The highest BCUT2D eigenvalue weighted by Crippen LogP contribution is 2.29. The Kier molecular flexibility index (Phi) is 4.78. The fourth-order valence-corrected chi connectivity index (χ4v) is 3.04. The highest BCUT2D eigenvalue weighted by atomic mass is 32.2. The number of oxazole rings is 1. The molecule has 4 nitrogen and oxygen atoms in total. The molecule has 2 heterocycles. The molecule has 1 fully saturated rings. The maximum atomic E-state index is 12.3. The third-order valence-corrected chi connectivity index (χ3v) is 4.46. The van der Waals surface area contributed by atoms with Crippen molar-refractivity contribution in [2.75, 3.05) is 13.1 Å². The van der Waals surface area contributed by atoms with Gasteiger partial charge in [0.2, 0.25) is 5.91 Å². The molecule has 1 aliphatic rings. The lowest BCUT2D eigenvalue weighted by Crippen LogP contribution is -2.40. The summed E-state index contributed by atoms with van der Waals surface area (Å²) in [6.45, 7) is 9.98. The van der Waals surface area contributed by atoms with Gasteiger partial charge in [-0.2, -0.15) is 0 Å². The predicted octanol–water partition coefficient (Wildman–Crippen LogP) is 3.47. The first kappa shape index (κ1) is 15.4. The van der Waals surface area contributed by atoms with Crippen LogP contribution in [0.1, 0.15) is 52.7 Å². The molecule has 0 unspecified atom stereocenters. The SMILES string of the molecule is C[C@H](Sc1ncc(C(C)(C)C)o1)C(=O)N1CCCCC1. The molecule has 0 spiro atoms. The van der Waals surface area contributed by atoms with Crippen LogP contribution in [0.3, 0.4) is 0 Å². The van der Waals surface area contributed by atoms with Gasteiger partial charge >= 0.3 is 0 Å². The molecule has 1 saturated heterocycles. The minimum atomic E-state index is -0.139. The van der Waals surface area contributed by atoms with Crippen LogP contribution in [0, 0.1) is 0 Å². The van der Waals surface area contributed by atoms with Crippen LogP contribution in [-0.2, 0) is 10.2 Å². The van der Waals surface area contributed by atoms with Crippen LogP contribution in [0.4, 0.5) is 0 Å². The van der Waals surface area contributed by atoms with Crippen molar-refractivity contribution in [2.45, 2.75) is 62.8 Å². The molecule has 0 radical (unpaired) electrons. The van der Waals surface area contributed by atoms with Gasteiger partial charge in [0.15, 0.2) is 0 Å². The number of hydrogen-bond donors (Lipinski definition) is 0. The van der Waals surface area contributed by atoms with Gasteiger partial charge < -0.3 is 9.32 Å². The Hall–Kier alpha value is -0.970. The van der Waals surface area contributed by atoms with E-state index in [2.05, 4.69) is 25.8 Å². The molecule has 1 aromatic heterocycles. The first-order valence-electron chi connectivity index (χ1n) is 7.29. The Morgan fingerprint density at radius 1 is 1.35 bits per heavy atom. The van der Waals surface area contributed by atoms with Crippen molar-refractivity contribution in [3.8, 4) is 0 Å². The third kappa shape index (κ3) is 3.78. The van der Waals surface area contributed by atoms with Gasteiger partial charge in [0.05, 0.1) is 11.4 Å². The third-order valence-electron chi connectivity index (χ3n) is 3.52. The van der Waals surface area contributed by atoms with E-state index in [1.807, 2.05) is 11.8 Å². The lowest BCUT2D eigenvalue weighted by Gasteiger charge is -2.28. The second-order valence-electron chi connectivity index (χ2n) is 6.39. The standard InChI is InChI=1S/C15H24N2O2S/c1-11(13(18)17-8-6-5-7-9-17)20-14-16-10-12(19-14)15(2,3)4/h10-11H,5-9H2,1-4H3/t11-/m0/s1. The molecule has 1 aromatic rings. The molecular formula is C15H24N2O2S. The van der Waals surface area contributed by atoms with Gasteiger partial charge in [0.25, 0.3) is 5.22 Å². The lowest BCUT2D eigenvalue weighted by atomic mass is 9.94. The quantitative estimate of drug-likeness (QED) is 0.801. The molecule has 0 aliphatic carbocycles. The minimum Gasteiger partial charge on any atom is -0.436 e. The zero-order valence-electron chi connectivity index (χ0n) is 12.8. The van der Waals surface area contributed by atoms with Gasteiger partial charge in [-0.1, -0.05) is 32.5 Å². The topological polar surface area (TPSA) is 46.3 Å². The number of thioether (sulfide) groups is 1. The molecule has 1 aliphatic heterocycles. The van der Waals surface area contributed by atoms with E-state index in [1.165, 1.54) is 18.2 Å². The van der Waals surface area contributed by atoms with Crippen LogP contribution in [0.25, 0.3) is 0 Å². The van der Waals surface area contributed by atoms with Crippen LogP contribution < -0.4 is 0 Å². The van der Waals surface area contributed by atoms with Crippen molar-refractivity contribution in [1.82, 2.24) is 9.88 Å². The van der Waals surface area contributed by atoms with E-state index >= 15 is 0 Å². The van der Waals surface area contributed by atoms with E-state index in [0.717, 1.165) is 31.7 Å². The normalized spacial score (nSPS) is 18.1. The summed E-state index contributed by atoms with van der Waals surface area (Å²) in [4.78, 5) is 18.6. The van der Waals surface area contributed by atoms with E-state index in [4.69, 9.17) is 4.42 Å². The summed E-state index contributed by atoms with van der Waals surface area (Å²) in [7, 11) is 0. The maximum absolute atomic E-state index is 12.3. The summed E-state index contributed by atoms with van der Waals surface area (Å²) >= 11 is 1.41. The van der Waals surface area contributed by atoms with Crippen molar-refractivity contribution in [3.05, 3.63) is 12.0 Å². The Morgan fingerprint density at radius 3 is 2.55 bits per heavy atom. The maximum Gasteiger partial charge on any atom is 0.256 e. The molecule has 1 amide bonds. The molecule has 112 valence electrons. The summed E-state index contributed by atoms with van der Waals surface area (Å²) < 4.78 is 5.74. The van der Waals surface area contributed by atoms with E-state index in [1.54, 1.807) is 6.20 Å². The number of piperidine rings is 1. The number of carbonyl (C=O) groups excluding carboxylic acids is 1. The molecule has 2 rings (SSSR count). The van der Waals surface area contributed by atoms with Gasteiger partial charge in [-0.25, -0.2) is 4.98 Å². The van der Waals surface area contributed by atoms with Crippen molar-refractivity contribution >= 4 is 17.7 Å². The molecule has 20 heavy (non-hydrogen) atoms. The smallest absolute Gasteiger partial charge is 0.256 e. The number of nitrogens with zero attached hydrogens (tertiary/aromatic N) is 2. The monoisotopic (exact) mass is 296 g/mol. The zero-order chi connectivity index (χ0) is 14.8. The van der Waals surface area contributed by atoms with Gasteiger partial charge in [-0.05, 0) is 26.2 Å². The van der Waals surface area contributed by atoms with E-state index < -0.39 is 0 Å². The molecule has 0 aromatic carbocycles. The van der Waals surface area contributed by atoms with Gasteiger partial charge in [0, 0.05) is 18.5 Å². The van der Waals surface area contributed by atoms with Crippen molar-refractivity contribution < 1.29 is 9.21 Å². The Labute approximate surface area is 125 Å². The van der Waals surface area contributed by atoms with Crippen molar-refractivity contribution in [3.63, 3.8) is 0 Å². The van der Waals surface area contributed by atoms with E-state index in [9.17, 15) is 4.79 Å². The minimum absolute atomic E-state index is 0.0497. The first-order chi connectivity index (χ1) is 9.38. The average molecular weight is 296 g/mol. The molecule has 1 atom stereocenters. The van der Waals surface area contributed by atoms with Crippen molar-refractivity contribution in [2.24, 2.45) is 0 Å². The molecular weight excluding hydrogens is 272 g/mol. The van der Waals surface area contributed by atoms with Gasteiger partial charge in [0.1, 0.15) is 5.76 Å². The zero-order valence-corrected chi connectivity index (χ0v) is 13.6. The average Bonchev–Trinajstić information content (AvgIpc) is 2.87. The number of aromatic nitrogens is 1. The Balaban J connectivity index is 1.95. The summed E-state index contributed by atoms with van der Waals surface area (Å²) in [5.41, 5.74) is -0.0497. The van der Waals surface area contributed by atoms with Crippen LogP contribution in [-0.4, -0.2) is 34.1 Å². The number of likely N-dealkylation sites (tertiary alicyclic amines) is 1. The van der Waals surface area contributed by atoms with Crippen LogP contribution >= 0.6 is 11.8 Å². The van der Waals surface area contributed by atoms with Crippen LogP contribution in [0.5, 0.6) is 0 Å². The number of carbonyl (C=O) groups is 1. The fourth-order valence-electron chi connectivity index (χ4n) is 2.23.